The SMILES string of the molecule is COc1cccc(C(O)CNCc2cc(-c3ccccc3)n[nH]2)c1. The van der Waals surface area contributed by atoms with E-state index in [1.165, 1.54) is 0 Å². The van der Waals surface area contributed by atoms with Gasteiger partial charge in [0.1, 0.15) is 5.75 Å². The zero-order valence-corrected chi connectivity index (χ0v) is 13.6. The van der Waals surface area contributed by atoms with Crippen LogP contribution < -0.4 is 10.1 Å². The predicted octanol–water partition coefficient (Wildman–Crippen LogP) is 2.91. The Morgan fingerprint density at radius 2 is 1.96 bits per heavy atom. The molecule has 3 N–H and O–H groups in total. The van der Waals surface area contributed by atoms with E-state index in [1.54, 1.807) is 7.11 Å². The number of hydrogen-bond acceptors (Lipinski definition) is 4. The van der Waals surface area contributed by atoms with Gasteiger partial charge in [-0.3, -0.25) is 5.10 Å². The van der Waals surface area contributed by atoms with Gasteiger partial charge < -0.3 is 15.2 Å². The van der Waals surface area contributed by atoms with Gasteiger partial charge in [0.25, 0.3) is 0 Å². The number of aromatic nitrogens is 2. The Hall–Kier alpha value is -2.63. The van der Waals surface area contributed by atoms with Crippen molar-refractivity contribution < 1.29 is 9.84 Å². The van der Waals surface area contributed by atoms with E-state index in [2.05, 4.69) is 15.5 Å². The minimum Gasteiger partial charge on any atom is -0.497 e. The molecule has 24 heavy (non-hydrogen) atoms. The van der Waals surface area contributed by atoms with Gasteiger partial charge in [0.2, 0.25) is 0 Å². The molecule has 0 saturated heterocycles. The van der Waals surface area contributed by atoms with Crippen LogP contribution in [0.3, 0.4) is 0 Å². The Balaban J connectivity index is 1.54. The first-order chi connectivity index (χ1) is 11.8. The maximum Gasteiger partial charge on any atom is 0.119 e. The summed E-state index contributed by atoms with van der Waals surface area (Å²) >= 11 is 0. The minimum atomic E-state index is -0.586. The van der Waals surface area contributed by atoms with Crippen LogP contribution in [0.25, 0.3) is 11.3 Å². The van der Waals surface area contributed by atoms with Crippen LogP contribution in [0.1, 0.15) is 17.4 Å². The number of aliphatic hydroxyl groups is 1. The molecule has 0 aliphatic rings. The fraction of sp³-hybridized carbons (Fsp3) is 0.211. The van der Waals surface area contributed by atoms with Gasteiger partial charge in [0.05, 0.1) is 18.9 Å². The summed E-state index contributed by atoms with van der Waals surface area (Å²) in [5.41, 5.74) is 3.81. The molecule has 1 heterocycles. The number of ether oxygens (including phenoxy) is 1. The highest BCUT2D eigenvalue weighted by atomic mass is 16.5. The molecule has 0 aliphatic carbocycles. The van der Waals surface area contributed by atoms with Crippen LogP contribution in [0.5, 0.6) is 5.75 Å². The first-order valence-electron chi connectivity index (χ1n) is 7.88. The molecule has 0 spiro atoms. The normalized spacial score (nSPS) is 12.1. The Bertz CT molecular complexity index is 771. The molecule has 0 aliphatic heterocycles. The van der Waals surface area contributed by atoms with Crippen LogP contribution >= 0.6 is 0 Å². The van der Waals surface area contributed by atoms with Crippen molar-refractivity contribution in [3.8, 4) is 17.0 Å². The smallest absolute Gasteiger partial charge is 0.119 e. The number of nitrogens with zero attached hydrogens (tertiary/aromatic N) is 1. The standard InChI is InChI=1S/C19H21N3O2/c1-24-17-9-5-8-15(10-17)19(23)13-20-12-16-11-18(22-21-16)14-6-3-2-4-7-14/h2-11,19-20,23H,12-13H2,1H3,(H,21,22). The Morgan fingerprint density at radius 3 is 2.75 bits per heavy atom. The summed E-state index contributed by atoms with van der Waals surface area (Å²) in [7, 11) is 1.62. The Kier molecular flexibility index (Phi) is 5.25. The van der Waals surface area contributed by atoms with Crippen LogP contribution in [-0.4, -0.2) is 29.0 Å². The molecule has 5 nitrogen and oxygen atoms in total. The van der Waals surface area contributed by atoms with Crippen molar-refractivity contribution in [3.05, 3.63) is 71.9 Å². The minimum absolute atomic E-state index is 0.451. The second kappa shape index (κ2) is 7.77. The van der Waals surface area contributed by atoms with Crippen LogP contribution in [0.15, 0.2) is 60.7 Å². The molecule has 1 atom stereocenters. The number of benzene rings is 2. The van der Waals surface area contributed by atoms with Gasteiger partial charge in [0.15, 0.2) is 0 Å². The summed E-state index contributed by atoms with van der Waals surface area (Å²) < 4.78 is 5.18. The number of aliphatic hydroxyl groups excluding tert-OH is 1. The van der Waals surface area contributed by atoms with Gasteiger partial charge in [-0.1, -0.05) is 42.5 Å². The average Bonchev–Trinajstić information content (AvgIpc) is 3.11. The fourth-order valence-corrected chi connectivity index (χ4v) is 2.52. The number of H-pyrrole nitrogens is 1. The maximum absolute atomic E-state index is 10.3. The second-order valence-electron chi connectivity index (χ2n) is 5.57. The number of nitrogens with one attached hydrogen (secondary N) is 2. The molecular weight excluding hydrogens is 302 g/mol. The van der Waals surface area contributed by atoms with Crippen molar-refractivity contribution >= 4 is 0 Å². The van der Waals surface area contributed by atoms with Gasteiger partial charge in [-0.05, 0) is 23.8 Å². The van der Waals surface area contributed by atoms with Crippen LogP contribution in [0.4, 0.5) is 0 Å². The molecule has 0 amide bonds. The number of aromatic amines is 1. The monoisotopic (exact) mass is 323 g/mol. The fourth-order valence-electron chi connectivity index (χ4n) is 2.52. The number of hydrogen-bond donors (Lipinski definition) is 3. The van der Waals surface area contributed by atoms with Crippen LogP contribution in [0.2, 0.25) is 0 Å². The summed E-state index contributed by atoms with van der Waals surface area (Å²) in [4.78, 5) is 0. The molecule has 5 heteroatoms. The average molecular weight is 323 g/mol. The molecule has 0 fully saturated rings. The van der Waals surface area contributed by atoms with Gasteiger partial charge in [0, 0.05) is 24.3 Å². The van der Waals surface area contributed by atoms with Gasteiger partial charge in [-0.15, -0.1) is 0 Å². The van der Waals surface area contributed by atoms with Crippen molar-refractivity contribution in [1.29, 1.82) is 0 Å². The number of rotatable bonds is 7. The third-order valence-electron chi connectivity index (χ3n) is 3.83. The molecule has 3 rings (SSSR count). The first-order valence-corrected chi connectivity index (χ1v) is 7.88. The van der Waals surface area contributed by atoms with Gasteiger partial charge in [-0.25, -0.2) is 0 Å². The van der Waals surface area contributed by atoms with Crippen LogP contribution in [0, 0.1) is 0 Å². The van der Waals surface area contributed by atoms with E-state index < -0.39 is 6.10 Å². The van der Waals surface area contributed by atoms with E-state index in [0.29, 0.717) is 13.1 Å². The lowest BCUT2D eigenvalue weighted by Gasteiger charge is -2.12. The molecule has 3 aromatic rings. The van der Waals surface area contributed by atoms with Crippen molar-refractivity contribution in [1.82, 2.24) is 15.5 Å². The summed E-state index contributed by atoms with van der Waals surface area (Å²) in [5, 5.41) is 20.8. The third-order valence-corrected chi connectivity index (χ3v) is 3.83. The highest BCUT2D eigenvalue weighted by Crippen LogP contribution is 2.19. The molecule has 124 valence electrons. The molecule has 0 bridgehead atoms. The second-order valence-corrected chi connectivity index (χ2v) is 5.57. The van der Waals surface area contributed by atoms with Crippen molar-refractivity contribution in [2.24, 2.45) is 0 Å². The van der Waals surface area contributed by atoms with Gasteiger partial charge in [-0.2, -0.15) is 5.10 Å². The van der Waals surface area contributed by atoms with E-state index in [1.807, 2.05) is 60.7 Å². The summed E-state index contributed by atoms with van der Waals surface area (Å²) in [6.07, 6.45) is -0.586. The molecule has 0 saturated carbocycles. The zero-order chi connectivity index (χ0) is 16.8. The molecule has 0 radical (unpaired) electrons. The predicted molar refractivity (Wildman–Crippen MR) is 93.7 cm³/mol. The van der Waals surface area contributed by atoms with E-state index in [9.17, 15) is 5.11 Å². The molecule has 1 aromatic heterocycles. The van der Waals surface area contributed by atoms with E-state index in [0.717, 1.165) is 28.3 Å². The van der Waals surface area contributed by atoms with E-state index >= 15 is 0 Å². The summed E-state index contributed by atoms with van der Waals surface area (Å²) in [5.74, 6) is 0.743. The van der Waals surface area contributed by atoms with E-state index in [-0.39, 0.29) is 0 Å². The molecular formula is C19H21N3O2. The lowest BCUT2D eigenvalue weighted by atomic mass is 10.1. The summed E-state index contributed by atoms with van der Waals surface area (Å²) in [6.45, 7) is 1.06. The van der Waals surface area contributed by atoms with Crippen molar-refractivity contribution in [2.75, 3.05) is 13.7 Å². The van der Waals surface area contributed by atoms with Crippen molar-refractivity contribution in [2.45, 2.75) is 12.6 Å². The molecule has 2 aromatic carbocycles. The zero-order valence-electron chi connectivity index (χ0n) is 13.6. The molecule has 1 unspecified atom stereocenters. The summed E-state index contributed by atoms with van der Waals surface area (Å²) in [6, 6.07) is 19.5. The topological polar surface area (TPSA) is 70.2 Å². The van der Waals surface area contributed by atoms with Gasteiger partial charge >= 0.3 is 0 Å². The lowest BCUT2D eigenvalue weighted by molar-refractivity contribution is 0.174. The van der Waals surface area contributed by atoms with E-state index in [4.69, 9.17) is 4.74 Å². The highest BCUT2D eigenvalue weighted by molar-refractivity contribution is 5.58. The maximum atomic E-state index is 10.3. The third kappa shape index (κ3) is 4.01. The largest absolute Gasteiger partial charge is 0.497 e. The first kappa shape index (κ1) is 16.2. The quantitative estimate of drug-likeness (QED) is 0.625. The van der Waals surface area contributed by atoms with Crippen molar-refractivity contribution in [3.63, 3.8) is 0 Å². The lowest BCUT2D eigenvalue weighted by Crippen LogP contribution is -2.21. The Morgan fingerprint density at radius 1 is 1.12 bits per heavy atom. The number of methoxy groups -OCH3 is 1. The Labute approximate surface area is 141 Å². The van der Waals surface area contributed by atoms with Crippen LogP contribution in [-0.2, 0) is 6.54 Å². The highest BCUT2D eigenvalue weighted by Gasteiger charge is 2.09.